The fourth-order valence-electron chi connectivity index (χ4n) is 0.417. The summed E-state index contributed by atoms with van der Waals surface area (Å²) < 4.78 is 23.1. The Balaban J connectivity index is 3.83. The second kappa shape index (κ2) is 4.30. The van der Waals surface area contributed by atoms with Gasteiger partial charge in [0.1, 0.15) is 0 Å². The molecule has 11 heavy (non-hydrogen) atoms. The van der Waals surface area contributed by atoms with E-state index in [1.807, 2.05) is 0 Å². The van der Waals surface area contributed by atoms with Gasteiger partial charge in [-0.05, 0) is 14.1 Å². The maximum atomic E-state index is 10.7. The highest BCUT2D eigenvalue weighted by molar-refractivity contribution is 7.89. The van der Waals surface area contributed by atoms with E-state index in [0.717, 1.165) is 6.41 Å². The van der Waals surface area contributed by atoms with Crippen molar-refractivity contribution in [1.82, 2.24) is 9.62 Å². The molecule has 0 saturated carbocycles. The van der Waals surface area contributed by atoms with Crippen LogP contribution in [-0.2, 0) is 14.8 Å². The Kier molecular flexibility index (Phi) is 4.06. The number of nitrogens with one attached hydrogen (secondary N) is 1. The van der Waals surface area contributed by atoms with E-state index in [1.165, 1.54) is 0 Å². The molecule has 0 atom stereocenters. The quantitative estimate of drug-likeness (QED) is 0.523. The minimum Gasteiger partial charge on any atom is -0.308 e. The largest absolute Gasteiger partial charge is 0.323 e. The molecule has 0 saturated heterocycles. The van der Waals surface area contributed by atoms with E-state index in [9.17, 15) is 13.2 Å². The monoisotopic (exact) mass is 179 g/mol. The van der Waals surface area contributed by atoms with Gasteiger partial charge in [-0.3, -0.25) is 4.79 Å². The Morgan fingerprint density at radius 3 is 2.36 bits per heavy atom. The molecule has 1 amide bonds. The van der Waals surface area contributed by atoms with E-state index in [4.69, 9.17) is 0 Å². The lowest BCUT2D eigenvalue weighted by Crippen LogP contribution is -2.30. The molecule has 0 rings (SSSR count). The molecule has 5 nitrogen and oxygen atoms in total. The van der Waals surface area contributed by atoms with Crippen molar-refractivity contribution in [2.45, 2.75) is 0 Å². The van der Waals surface area contributed by atoms with Crippen LogP contribution in [0.4, 0.5) is 0 Å². The highest BCUT2D eigenvalue weighted by Gasteiger charge is 2.08. The topological polar surface area (TPSA) is 66.5 Å². The highest BCUT2D eigenvalue weighted by atomic mass is 32.2. The van der Waals surface area contributed by atoms with Crippen LogP contribution in [0.1, 0.15) is 0 Å². The molecule has 1 radical (unpaired) electrons. The van der Waals surface area contributed by atoms with Crippen LogP contribution in [0.5, 0.6) is 0 Å². The van der Waals surface area contributed by atoms with Gasteiger partial charge in [0.25, 0.3) is 0 Å². The van der Waals surface area contributed by atoms with Gasteiger partial charge >= 0.3 is 6.41 Å². The second-order valence-electron chi connectivity index (χ2n) is 2.33. The van der Waals surface area contributed by atoms with Crippen molar-refractivity contribution in [1.29, 1.82) is 0 Å². The van der Waals surface area contributed by atoms with Crippen molar-refractivity contribution in [2.75, 3.05) is 26.4 Å². The van der Waals surface area contributed by atoms with E-state index in [0.29, 0.717) is 6.54 Å². The number of amides is 1. The molecule has 65 valence electrons. The zero-order valence-electron chi connectivity index (χ0n) is 6.49. The third-order valence-corrected chi connectivity index (χ3v) is 2.12. The highest BCUT2D eigenvalue weighted by Crippen LogP contribution is 1.83. The van der Waals surface area contributed by atoms with Crippen LogP contribution in [0.25, 0.3) is 0 Å². The fraction of sp³-hybridized carbons (Fsp3) is 0.800. The van der Waals surface area contributed by atoms with Crippen LogP contribution in [0.2, 0.25) is 0 Å². The van der Waals surface area contributed by atoms with Crippen molar-refractivity contribution in [3.63, 3.8) is 0 Å². The smallest absolute Gasteiger partial charge is 0.308 e. The molecule has 0 aromatic heterocycles. The van der Waals surface area contributed by atoms with Crippen LogP contribution in [0.3, 0.4) is 0 Å². The van der Waals surface area contributed by atoms with Crippen LogP contribution >= 0.6 is 0 Å². The molecular weight excluding hydrogens is 168 g/mol. The first kappa shape index (κ1) is 10.4. The predicted molar refractivity (Wildman–Crippen MR) is 41.2 cm³/mol. The van der Waals surface area contributed by atoms with E-state index in [2.05, 4.69) is 0 Å². The van der Waals surface area contributed by atoms with Crippen molar-refractivity contribution in [2.24, 2.45) is 0 Å². The molecule has 0 aliphatic carbocycles. The number of hydrogen-bond donors (Lipinski definition) is 1. The SMILES string of the molecule is CN(C)CCS(=O)(=O)N[C]=O. The van der Waals surface area contributed by atoms with Gasteiger partial charge in [0.2, 0.25) is 10.0 Å². The lowest BCUT2D eigenvalue weighted by Gasteiger charge is -2.07. The summed E-state index contributed by atoms with van der Waals surface area (Å²) in [6.07, 6.45) is 1.13. The predicted octanol–water partition coefficient (Wildman–Crippen LogP) is -1.47. The van der Waals surface area contributed by atoms with Gasteiger partial charge in [0, 0.05) is 6.54 Å². The summed E-state index contributed by atoms with van der Waals surface area (Å²) in [6.45, 7) is 0.386. The number of carbonyl (C=O) groups excluding carboxylic acids is 1. The summed E-state index contributed by atoms with van der Waals surface area (Å²) >= 11 is 0. The summed E-state index contributed by atoms with van der Waals surface area (Å²) in [5, 5.41) is 0. The fourth-order valence-corrected chi connectivity index (χ4v) is 1.25. The van der Waals surface area contributed by atoms with Gasteiger partial charge in [-0.2, -0.15) is 0 Å². The minimum absolute atomic E-state index is 0.0881. The molecule has 0 fully saturated rings. The maximum absolute atomic E-state index is 10.7. The van der Waals surface area contributed by atoms with Crippen molar-refractivity contribution < 1.29 is 13.2 Å². The summed E-state index contributed by atoms with van der Waals surface area (Å²) in [6, 6.07) is 0. The average molecular weight is 179 g/mol. The van der Waals surface area contributed by atoms with E-state index < -0.39 is 10.0 Å². The summed E-state index contributed by atoms with van der Waals surface area (Å²) in [7, 11) is 0.0583. The Morgan fingerprint density at radius 1 is 1.45 bits per heavy atom. The molecule has 1 N–H and O–H groups in total. The molecule has 0 bridgehead atoms. The zero-order chi connectivity index (χ0) is 8.91. The van der Waals surface area contributed by atoms with Gasteiger partial charge in [-0.15, -0.1) is 0 Å². The molecule has 0 aliphatic rings. The molecule has 0 aliphatic heterocycles. The van der Waals surface area contributed by atoms with Gasteiger partial charge in [-0.25, -0.2) is 13.1 Å². The Labute approximate surface area is 66.4 Å². The normalized spacial score (nSPS) is 11.5. The maximum Gasteiger partial charge on any atom is 0.323 e. The van der Waals surface area contributed by atoms with E-state index in [-0.39, 0.29) is 5.75 Å². The summed E-state index contributed by atoms with van der Waals surface area (Å²) in [5.74, 6) is -0.0881. The van der Waals surface area contributed by atoms with Crippen LogP contribution in [0.15, 0.2) is 0 Å². The standard InChI is InChI=1S/C5H11N2O3S/c1-7(2)3-4-11(9,10)6-5-8/h3-4H2,1-2H3,(H,6,8). The first-order chi connectivity index (χ1) is 4.98. The van der Waals surface area contributed by atoms with Crippen LogP contribution < -0.4 is 4.72 Å². The van der Waals surface area contributed by atoms with Gasteiger partial charge in [0.15, 0.2) is 0 Å². The lowest BCUT2D eigenvalue weighted by molar-refractivity contribution is 0.431. The number of hydrogen-bond acceptors (Lipinski definition) is 4. The Morgan fingerprint density at radius 2 is 2.00 bits per heavy atom. The Hall–Kier alpha value is -0.620. The first-order valence-corrected chi connectivity index (χ1v) is 4.64. The second-order valence-corrected chi connectivity index (χ2v) is 4.17. The number of rotatable bonds is 5. The van der Waals surface area contributed by atoms with Crippen molar-refractivity contribution in [3.05, 3.63) is 0 Å². The third-order valence-electron chi connectivity index (χ3n) is 1.00. The number of sulfonamides is 1. The van der Waals surface area contributed by atoms with Crippen molar-refractivity contribution in [3.8, 4) is 0 Å². The third kappa shape index (κ3) is 5.81. The average Bonchev–Trinajstić information content (AvgIpc) is 1.84. The van der Waals surface area contributed by atoms with Gasteiger partial charge in [0.05, 0.1) is 5.75 Å². The molecule has 0 unspecified atom stereocenters. The molecule has 0 aromatic rings. The van der Waals surface area contributed by atoms with Gasteiger partial charge in [-0.1, -0.05) is 0 Å². The van der Waals surface area contributed by atoms with Gasteiger partial charge < -0.3 is 4.90 Å². The molecule has 6 heteroatoms. The molecule has 0 aromatic carbocycles. The van der Waals surface area contributed by atoms with Crippen LogP contribution in [-0.4, -0.2) is 46.1 Å². The van der Waals surface area contributed by atoms with E-state index >= 15 is 0 Å². The Bertz CT molecular complexity index is 210. The molecular formula is C5H11N2O3S. The lowest BCUT2D eigenvalue weighted by atomic mass is 10.7. The van der Waals surface area contributed by atoms with Crippen LogP contribution in [0, 0.1) is 0 Å². The summed E-state index contributed by atoms with van der Waals surface area (Å²) in [4.78, 5) is 11.3. The zero-order valence-corrected chi connectivity index (χ0v) is 7.31. The van der Waals surface area contributed by atoms with E-state index in [1.54, 1.807) is 23.7 Å². The number of nitrogens with zero attached hydrogens (tertiary/aromatic N) is 1. The first-order valence-electron chi connectivity index (χ1n) is 2.99. The summed E-state index contributed by atoms with van der Waals surface area (Å²) in [5.41, 5.74) is 0. The molecule has 0 spiro atoms. The minimum atomic E-state index is -3.44. The molecule has 0 heterocycles. The van der Waals surface area contributed by atoms with Crippen molar-refractivity contribution >= 4 is 16.4 Å².